The van der Waals surface area contributed by atoms with Gasteiger partial charge in [-0.15, -0.1) is 0 Å². The summed E-state index contributed by atoms with van der Waals surface area (Å²) >= 11 is 16.6. The Morgan fingerprint density at radius 1 is 1.23 bits per heavy atom. The second-order valence-electron chi connectivity index (χ2n) is 5.61. The van der Waals surface area contributed by atoms with Crippen molar-refractivity contribution in [2.45, 2.75) is 19.2 Å². The lowest BCUT2D eigenvalue weighted by Crippen LogP contribution is -2.36. The average Bonchev–Trinajstić information content (AvgIpc) is 2.67. The summed E-state index contributed by atoms with van der Waals surface area (Å²) in [6, 6.07) is 6.65. The van der Waals surface area contributed by atoms with Gasteiger partial charge in [0.15, 0.2) is 6.10 Å². The molecule has 1 N–H and O–H groups in total. The molecule has 0 radical (unpaired) electrons. The second kappa shape index (κ2) is 10.7. The van der Waals surface area contributed by atoms with Gasteiger partial charge in [0.1, 0.15) is 21.0 Å². The third kappa shape index (κ3) is 7.56. The number of halogens is 6. The molecule has 1 amide bonds. The predicted octanol–water partition coefficient (Wildman–Crippen LogP) is 5.68. The molecule has 2 rings (SSSR count). The van der Waals surface area contributed by atoms with Crippen molar-refractivity contribution in [2.24, 2.45) is 0 Å². The molecular weight excluding hydrogens is 472 g/mol. The SMILES string of the molecule is C[C@@H](Oc1ccc(Oc2ncc(C(F)(F)F)cc2Cl)cc1)C(=O)NOCC=C(Cl)Cl. The lowest BCUT2D eigenvalue weighted by atomic mass is 10.3. The number of benzene rings is 1. The van der Waals surface area contributed by atoms with Crippen molar-refractivity contribution < 1.29 is 32.3 Å². The van der Waals surface area contributed by atoms with Crippen LogP contribution in [0.2, 0.25) is 5.02 Å². The van der Waals surface area contributed by atoms with Crippen LogP contribution in [0, 0.1) is 0 Å². The van der Waals surface area contributed by atoms with Crippen LogP contribution in [0.5, 0.6) is 17.4 Å². The summed E-state index contributed by atoms with van der Waals surface area (Å²) in [5.74, 6) is -0.147. The van der Waals surface area contributed by atoms with E-state index in [9.17, 15) is 18.0 Å². The van der Waals surface area contributed by atoms with E-state index in [-0.39, 0.29) is 27.8 Å². The Bertz CT molecular complexity index is 905. The Hall–Kier alpha value is -2.20. The Kier molecular flexibility index (Phi) is 8.60. The number of alkyl halides is 3. The topological polar surface area (TPSA) is 69.7 Å². The van der Waals surface area contributed by atoms with Crippen molar-refractivity contribution in [1.82, 2.24) is 10.5 Å². The van der Waals surface area contributed by atoms with Crippen molar-refractivity contribution >= 4 is 40.7 Å². The third-order valence-corrected chi connectivity index (χ3v) is 3.93. The molecule has 0 aliphatic carbocycles. The van der Waals surface area contributed by atoms with Gasteiger partial charge in [0, 0.05) is 6.20 Å². The highest BCUT2D eigenvalue weighted by Crippen LogP contribution is 2.34. The van der Waals surface area contributed by atoms with Crippen molar-refractivity contribution in [3.63, 3.8) is 0 Å². The van der Waals surface area contributed by atoms with Crippen LogP contribution < -0.4 is 15.0 Å². The Balaban J connectivity index is 1.92. The number of aromatic nitrogens is 1. The monoisotopic (exact) mass is 484 g/mol. The minimum atomic E-state index is -4.56. The van der Waals surface area contributed by atoms with Crippen LogP contribution in [0.15, 0.2) is 47.1 Å². The van der Waals surface area contributed by atoms with Gasteiger partial charge in [0.25, 0.3) is 5.91 Å². The number of rotatable bonds is 8. The molecule has 0 saturated carbocycles. The molecule has 6 nitrogen and oxygen atoms in total. The Morgan fingerprint density at radius 3 is 2.43 bits per heavy atom. The zero-order valence-electron chi connectivity index (χ0n) is 15.2. The first-order chi connectivity index (χ1) is 14.1. The highest BCUT2D eigenvalue weighted by Gasteiger charge is 2.31. The number of hydrogen-bond donors (Lipinski definition) is 1. The van der Waals surface area contributed by atoms with Gasteiger partial charge in [-0.2, -0.15) is 13.2 Å². The predicted molar refractivity (Wildman–Crippen MR) is 105 cm³/mol. The summed E-state index contributed by atoms with van der Waals surface area (Å²) in [6.45, 7) is 1.48. The molecule has 30 heavy (non-hydrogen) atoms. The standard InChI is InChI=1S/C18H14Cl3F3N2O4/c1-10(16(27)26-28-7-6-15(20)21)29-12-2-4-13(5-3-12)30-17-14(19)8-11(9-25-17)18(22,23)24/h2-6,8-10H,7H2,1H3,(H,26,27)/t10-/m1/s1. The number of pyridine rings is 1. The molecule has 1 heterocycles. The molecule has 0 fully saturated rings. The molecule has 0 aliphatic rings. The summed E-state index contributed by atoms with van der Waals surface area (Å²) in [5, 5.41) is -0.291. The maximum atomic E-state index is 12.6. The van der Waals surface area contributed by atoms with E-state index in [1.807, 2.05) is 0 Å². The van der Waals surface area contributed by atoms with Gasteiger partial charge in [-0.25, -0.2) is 10.5 Å². The average molecular weight is 486 g/mol. The fourth-order valence-corrected chi connectivity index (χ4v) is 2.24. The van der Waals surface area contributed by atoms with Gasteiger partial charge in [0.2, 0.25) is 5.88 Å². The van der Waals surface area contributed by atoms with E-state index in [0.29, 0.717) is 11.9 Å². The molecule has 1 atom stereocenters. The molecule has 0 aliphatic heterocycles. The molecule has 2 aromatic rings. The normalized spacial score (nSPS) is 12.1. The van der Waals surface area contributed by atoms with Crippen molar-refractivity contribution in [3.05, 3.63) is 57.7 Å². The zero-order valence-corrected chi connectivity index (χ0v) is 17.4. The number of nitrogens with zero attached hydrogens (tertiary/aromatic N) is 1. The van der Waals surface area contributed by atoms with Crippen LogP contribution in [0.25, 0.3) is 0 Å². The minimum absolute atomic E-state index is 0.00337. The van der Waals surface area contributed by atoms with Crippen LogP contribution >= 0.6 is 34.8 Å². The number of carbonyl (C=O) groups excluding carboxylic acids is 1. The van der Waals surface area contributed by atoms with Crippen LogP contribution in [-0.2, 0) is 15.8 Å². The smallest absolute Gasteiger partial charge is 0.417 e. The first-order valence-corrected chi connectivity index (χ1v) is 9.29. The number of hydrogen-bond acceptors (Lipinski definition) is 5. The van der Waals surface area contributed by atoms with E-state index < -0.39 is 23.8 Å². The number of hydroxylamine groups is 1. The molecule has 0 spiro atoms. The van der Waals surface area contributed by atoms with Gasteiger partial charge in [-0.05, 0) is 43.3 Å². The molecule has 0 saturated heterocycles. The number of amides is 1. The molecule has 12 heteroatoms. The summed E-state index contributed by atoms with van der Waals surface area (Å²) in [5.41, 5.74) is 1.19. The third-order valence-electron chi connectivity index (χ3n) is 3.35. The van der Waals surface area contributed by atoms with Crippen molar-refractivity contribution in [2.75, 3.05) is 6.61 Å². The van der Waals surface area contributed by atoms with Gasteiger partial charge in [-0.3, -0.25) is 9.63 Å². The van der Waals surface area contributed by atoms with Crippen LogP contribution in [0.4, 0.5) is 13.2 Å². The van der Waals surface area contributed by atoms with E-state index in [2.05, 4.69) is 10.5 Å². The molecule has 0 bridgehead atoms. The van der Waals surface area contributed by atoms with E-state index in [1.165, 1.54) is 37.3 Å². The summed E-state index contributed by atoms with van der Waals surface area (Å²) in [7, 11) is 0. The summed E-state index contributed by atoms with van der Waals surface area (Å²) < 4.78 is 48.8. The number of carbonyl (C=O) groups is 1. The minimum Gasteiger partial charge on any atom is -0.481 e. The Labute approximate surface area is 184 Å². The maximum Gasteiger partial charge on any atom is 0.417 e. The first-order valence-electron chi connectivity index (χ1n) is 8.16. The van der Waals surface area contributed by atoms with E-state index >= 15 is 0 Å². The maximum absolute atomic E-state index is 12.6. The lowest BCUT2D eigenvalue weighted by molar-refractivity contribution is -0.139. The summed E-state index contributed by atoms with van der Waals surface area (Å²) in [4.78, 5) is 20.3. The lowest BCUT2D eigenvalue weighted by Gasteiger charge is -2.14. The molecule has 1 aromatic carbocycles. The fraction of sp³-hybridized carbons (Fsp3) is 0.222. The first kappa shape index (κ1) is 24.1. The largest absolute Gasteiger partial charge is 0.481 e. The van der Waals surface area contributed by atoms with Gasteiger partial charge >= 0.3 is 6.18 Å². The molecular formula is C18H14Cl3F3N2O4. The number of ether oxygens (including phenoxy) is 2. The Morgan fingerprint density at radius 2 is 1.87 bits per heavy atom. The highest BCUT2D eigenvalue weighted by molar-refractivity contribution is 6.55. The zero-order chi connectivity index (χ0) is 22.3. The summed E-state index contributed by atoms with van der Waals surface area (Å²) in [6.07, 6.45) is -3.49. The van der Waals surface area contributed by atoms with Gasteiger partial charge in [-0.1, -0.05) is 34.8 Å². The quantitative estimate of drug-likeness (QED) is 0.385. The molecule has 162 valence electrons. The van der Waals surface area contributed by atoms with Gasteiger partial charge in [0.05, 0.1) is 12.2 Å². The number of nitrogens with one attached hydrogen (secondary N) is 1. The van der Waals surface area contributed by atoms with Crippen LogP contribution in [0.1, 0.15) is 12.5 Å². The van der Waals surface area contributed by atoms with E-state index in [1.54, 1.807) is 0 Å². The molecule has 0 unspecified atom stereocenters. The van der Waals surface area contributed by atoms with Gasteiger partial charge < -0.3 is 9.47 Å². The van der Waals surface area contributed by atoms with Crippen LogP contribution in [0.3, 0.4) is 0 Å². The van der Waals surface area contributed by atoms with E-state index in [4.69, 9.17) is 49.1 Å². The van der Waals surface area contributed by atoms with Crippen molar-refractivity contribution in [3.8, 4) is 17.4 Å². The fourth-order valence-electron chi connectivity index (χ4n) is 1.91. The van der Waals surface area contributed by atoms with Crippen LogP contribution in [-0.4, -0.2) is 23.6 Å². The van der Waals surface area contributed by atoms with E-state index in [0.717, 1.165) is 6.07 Å². The second-order valence-corrected chi connectivity index (χ2v) is 7.03. The molecule has 1 aromatic heterocycles. The highest BCUT2D eigenvalue weighted by atomic mass is 35.5. The van der Waals surface area contributed by atoms with Crippen molar-refractivity contribution in [1.29, 1.82) is 0 Å².